The highest BCUT2D eigenvalue weighted by Crippen LogP contribution is 2.23. The largest absolute Gasteiger partial charge is 0.479 e. The molecule has 0 radical (unpaired) electrons. The van der Waals surface area contributed by atoms with Crippen LogP contribution in [0, 0.1) is 0 Å². The molecule has 59 heavy (non-hydrogen) atoms. The Morgan fingerprint density at radius 3 is 1.41 bits per heavy atom. The van der Waals surface area contributed by atoms with Gasteiger partial charge in [-0.1, -0.05) is 179 Å². The van der Waals surface area contributed by atoms with Crippen molar-refractivity contribution in [3.8, 4) is 0 Å². The first kappa shape index (κ1) is 54.7. The number of rotatable bonds is 40. The molecule has 0 aromatic rings. The molecule has 4 N–H and O–H groups in total. The van der Waals surface area contributed by atoms with Gasteiger partial charge in [0.1, 0.15) is 24.9 Å². The Morgan fingerprint density at radius 1 is 0.525 bits per heavy atom. The van der Waals surface area contributed by atoms with E-state index in [-0.39, 0.29) is 26.1 Å². The Labute approximate surface area is 358 Å². The van der Waals surface area contributed by atoms with Gasteiger partial charge in [-0.2, -0.15) is 0 Å². The van der Waals surface area contributed by atoms with Gasteiger partial charge in [-0.3, -0.25) is 9.59 Å². The first-order chi connectivity index (χ1) is 28.7. The van der Waals surface area contributed by atoms with Gasteiger partial charge in [0.2, 0.25) is 0 Å². The van der Waals surface area contributed by atoms with E-state index in [0.29, 0.717) is 12.8 Å². The third-order valence-electron chi connectivity index (χ3n) is 11.1. The zero-order chi connectivity index (χ0) is 43.2. The quantitative estimate of drug-likeness (QED) is 0.0263. The van der Waals surface area contributed by atoms with Crippen LogP contribution in [0.2, 0.25) is 0 Å². The number of aliphatic hydroxyl groups is 3. The number of unbranched alkanes of at least 4 members (excludes halogenated alkanes) is 25. The molecule has 1 heterocycles. The van der Waals surface area contributed by atoms with E-state index >= 15 is 0 Å². The SMILES string of the molecule is CCCCCCC/C=C\C/C=C\CCCCCCCCCCCC(=O)OCC(COC1OC(C(=O)O)C(O)C(O)C1O)OC(=O)CCCCCCCCCCCCCC. The summed E-state index contributed by atoms with van der Waals surface area (Å²) in [5, 5.41) is 39.8. The standard InChI is InChI=1S/C48H86O11/c1-3-5-7-9-11-13-15-17-18-19-20-21-22-23-24-25-27-28-30-32-34-36-41(49)56-38-40(39-57-48-45(53)43(51)44(52)46(59-48)47(54)55)58-42(50)37-35-33-31-29-26-16-14-12-10-8-6-4-2/h15,17,19-20,40,43-46,48,51-53H,3-14,16,18,21-39H2,1-2H3,(H,54,55)/b17-15-,20-19-. The second-order valence-electron chi connectivity index (χ2n) is 16.6. The zero-order valence-electron chi connectivity index (χ0n) is 37.3. The lowest BCUT2D eigenvalue weighted by atomic mass is 9.99. The fourth-order valence-electron chi connectivity index (χ4n) is 7.26. The van der Waals surface area contributed by atoms with E-state index in [9.17, 15) is 34.8 Å². The van der Waals surface area contributed by atoms with E-state index in [0.717, 1.165) is 51.4 Å². The molecular formula is C48H86O11. The summed E-state index contributed by atoms with van der Waals surface area (Å²) in [6, 6.07) is 0. The summed E-state index contributed by atoms with van der Waals surface area (Å²) in [5.41, 5.74) is 0. The number of carbonyl (C=O) groups excluding carboxylic acids is 2. The summed E-state index contributed by atoms with van der Waals surface area (Å²) in [6.07, 6.45) is 33.7. The predicted octanol–water partition coefficient (Wildman–Crippen LogP) is 10.6. The number of ether oxygens (including phenoxy) is 4. The van der Waals surface area contributed by atoms with Gasteiger partial charge >= 0.3 is 17.9 Å². The van der Waals surface area contributed by atoms with Crippen molar-refractivity contribution >= 4 is 17.9 Å². The van der Waals surface area contributed by atoms with Gasteiger partial charge in [0.15, 0.2) is 18.5 Å². The monoisotopic (exact) mass is 839 g/mol. The van der Waals surface area contributed by atoms with Crippen LogP contribution in [0.1, 0.15) is 213 Å². The minimum Gasteiger partial charge on any atom is -0.479 e. The Hall–Kier alpha value is -2.31. The van der Waals surface area contributed by atoms with Crippen molar-refractivity contribution in [1.82, 2.24) is 0 Å². The fraction of sp³-hybridized carbons (Fsp3) is 0.854. The Bertz CT molecular complexity index is 1080. The number of hydrogen-bond donors (Lipinski definition) is 4. The molecule has 1 saturated heterocycles. The molecule has 11 heteroatoms. The highest BCUT2D eigenvalue weighted by Gasteiger charge is 2.47. The van der Waals surface area contributed by atoms with E-state index in [1.165, 1.54) is 122 Å². The molecule has 6 atom stereocenters. The molecule has 0 spiro atoms. The van der Waals surface area contributed by atoms with Crippen molar-refractivity contribution in [3.63, 3.8) is 0 Å². The number of esters is 2. The van der Waals surface area contributed by atoms with Crippen LogP contribution in [0.25, 0.3) is 0 Å². The molecule has 1 aliphatic heterocycles. The molecule has 1 rings (SSSR count). The lowest BCUT2D eigenvalue weighted by Gasteiger charge is -2.38. The molecule has 0 aromatic carbocycles. The van der Waals surface area contributed by atoms with Gasteiger partial charge < -0.3 is 39.4 Å². The molecule has 0 aromatic heterocycles. The second-order valence-corrected chi connectivity index (χ2v) is 16.6. The number of allylic oxidation sites excluding steroid dienone is 4. The van der Waals surface area contributed by atoms with Crippen LogP contribution in [-0.4, -0.2) is 88.4 Å². The van der Waals surface area contributed by atoms with Gasteiger partial charge in [-0.05, 0) is 44.9 Å². The Morgan fingerprint density at radius 2 is 0.949 bits per heavy atom. The molecule has 1 aliphatic rings. The van der Waals surface area contributed by atoms with Crippen LogP contribution in [0.5, 0.6) is 0 Å². The number of carbonyl (C=O) groups is 3. The number of carboxylic acid groups (broad SMARTS) is 1. The summed E-state index contributed by atoms with van der Waals surface area (Å²) in [6.45, 7) is 3.81. The molecule has 0 bridgehead atoms. The van der Waals surface area contributed by atoms with E-state index in [4.69, 9.17) is 18.9 Å². The second kappa shape index (κ2) is 38.6. The zero-order valence-corrected chi connectivity index (χ0v) is 37.3. The van der Waals surface area contributed by atoms with Crippen molar-refractivity contribution in [3.05, 3.63) is 24.3 Å². The van der Waals surface area contributed by atoms with E-state index in [2.05, 4.69) is 38.2 Å². The van der Waals surface area contributed by atoms with Gasteiger partial charge in [-0.25, -0.2) is 4.79 Å². The van der Waals surface area contributed by atoms with Crippen molar-refractivity contribution in [2.75, 3.05) is 13.2 Å². The maximum Gasteiger partial charge on any atom is 0.335 e. The first-order valence-corrected chi connectivity index (χ1v) is 23.9. The van der Waals surface area contributed by atoms with Crippen molar-refractivity contribution < 1.29 is 53.8 Å². The molecule has 6 unspecified atom stereocenters. The van der Waals surface area contributed by atoms with E-state index < -0.39 is 54.7 Å². The van der Waals surface area contributed by atoms with Crippen LogP contribution >= 0.6 is 0 Å². The summed E-state index contributed by atoms with van der Waals surface area (Å²) in [4.78, 5) is 36.8. The fourth-order valence-corrected chi connectivity index (χ4v) is 7.26. The minimum atomic E-state index is -1.86. The van der Waals surface area contributed by atoms with Crippen LogP contribution in [0.4, 0.5) is 0 Å². The molecule has 0 amide bonds. The van der Waals surface area contributed by atoms with Gasteiger partial charge in [0, 0.05) is 12.8 Å². The minimum absolute atomic E-state index is 0.186. The highest BCUT2D eigenvalue weighted by atomic mass is 16.7. The maximum absolute atomic E-state index is 12.8. The molecular weight excluding hydrogens is 753 g/mol. The third kappa shape index (κ3) is 30.4. The maximum atomic E-state index is 12.8. The summed E-state index contributed by atoms with van der Waals surface area (Å²) in [7, 11) is 0. The average Bonchev–Trinajstić information content (AvgIpc) is 3.22. The number of carboxylic acids is 1. The summed E-state index contributed by atoms with van der Waals surface area (Å²) < 4.78 is 21.8. The molecule has 0 saturated carbocycles. The number of aliphatic hydroxyl groups excluding tert-OH is 3. The molecule has 1 fully saturated rings. The molecule has 11 nitrogen and oxygen atoms in total. The Kier molecular flexibility index (Phi) is 35.8. The smallest absolute Gasteiger partial charge is 0.335 e. The van der Waals surface area contributed by atoms with Crippen LogP contribution in [0.3, 0.4) is 0 Å². The van der Waals surface area contributed by atoms with Crippen LogP contribution in [-0.2, 0) is 33.3 Å². The van der Waals surface area contributed by atoms with Crippen LogP contribution in [0.15, 0.2) is 24.3 Å². The van der Waals surface area contributed by atoms with Crippen LogP contribution < -0.4 is 0 Å². The lowest BCUT2D eigenvalue weighted by molar-refractivity contribution is -0.298. The van der Waals surface area contributed by atoms with Gasteiger partial charge in [0.25, 0.3) is 0 Å². The van der Waals surface area contributed by atoms with E-state index in [1.54, 1.807) is 0 Å². The highest BCUT2D eigenvalue weighted by molar-refractivity contribution is 5.73. The predicted molar refractivity (Wildman–Crippen MR) is 234 cm³/mol. The summed E-state index contributed by atoms with van der Waals surface area (Å²) in [5.74, 6) is -2.44. The first-order valence-electron chi connectivity index (χ1n) is 23.9. The molecule has 0 aliphatic carbocycles. The van der Waals surface area contributed by atoms with E-state index in [1.807, 2.05) is 0 Å². The average molecular weight is 839 g/mol. The van der Waals surface area contributed by atoms with Crippen molar-refractivity contribution in [2.45, 2.75) is 250 Å². The van der Waals surface area contributed by atoms with Gasteiger partial charge in [0.05, 0.1) is 6.61 Å². The Balaban J connectivity index is 2.30. The summed E-state index contributed by atoms with van der Waals surface area (Å²) >= 11 is 0. The normalized spacial score (nSPS) is 20.1. The van der Waals surface area contributed by atoms with Crippen molar-refractivity contribution in [1.29, 1.82) is 0 Å². The molecule has 344 valence electrons. The van der Waals surface area contributed by atoms with Gasteiger partial charge in [-0.15, -0.1) is 0 Å². The number of hydrogen-bond acceptors (Lipinski definition) is 10. The topological polar surface area (TPSA) is 169 Å². The lowest BCUT2D eigenvalue weighted by Crippen LogP contribution is -2.60. The number of aliphatic carboxylic acids is 1. The van der Waals surface area contributed by atoms with Crippen molar-refractivity contribution in [2.24, 2.45) is 0 Å². The third-order valence-corrected chi connectivity index (χ3v) is 11.1.